The van der Waals surface area contributed by atoms with Gasteiger partial charge in [0.2, 0.25) is 0 Å². The van der Waals surface area contributed by atoms with Crippen molar-refractivity contribution in [2.75, 3.05) is 13.2 Å². The summed E-state index contributed by atoms with van der Waals surface area (Å²) in [5.41, 5.74) is 1.16. The Labute approximate surface area is 100 Å². The molecule has 1 heterocycles. The molecule has 1 aromatic rings. The molecule has 0 aromatic carbocycles. The number of aliphatic hydroxyl groups is 1. The maximum Gasteiger partial charge on any atom is 0.256 e. The van der Waals surface area contributed by atoms with Gasteiger partial charge in [-0.3, -0.25) is 4.79 Å². The first kappa shape index (κ1) is 12.1. The van der Waals surface area contributed by atoms with E-state index in [0.717, 1.165) is 12.8 Å². The summed E-state index contributed by atoms with van der Waals surface area (Å²) >= 11 is 0. The number of nitrogens with one attached hydrogen (secondary N) is 1. The molecule has 0 spiro atoms. The third-order valence-corrected chi connectivity index (χ3v) is 3.41. The molecule has 1 aliphatic rings. The van der Waals surface area contributed by atoms with Gasteiger partial charge in [-0.05, 0) is 26.2 Å². The Kier molecular flexibility index (Phi) is 3.19. The van der Waals surface area contributed by atoms with Gasteiger partial charge in [0.15, 0.2) is 0 Å². The first-order valence-corrected chi connectivity index (χ1v) is 5.96. The zero-order valence-corrected chi connectivity index (χ0v) is 10.2. The zero-order chi connectivity index (χ0) is 12.5. The van der Waals surface area contributed by atoms with Gasteiger partial charge < -0.3 is 14.9 Å². The number of aromatic nitrogens is 1. The first-order valence-electron chi connectivity index (χ1n) is 5.96. The molecule has 0 bridgehead atoms. The van der Waals surface area contributed by atoms with Crippen LogP contribution in [0.15, 0.2) is 4.52 Å². The number of amides is 1. The molecule has 1 aromatic heterocycles. The van der Waals surface area contributed by atoms with Crippen LogP contribution in [0, 0.1) is 12.3 Å². The Hall–Kier alpha value is -1.36. The quantitative estimate of drug-likeness (QED) is 0.804. The number of aryl methyl sites for hydroxylation is 2. The molecular weight excluding hydrogens is 220 g/mol. The monoisotopic (exact) mass is 238 g/mol. The molecule has 5 nitrogen and oxygen atoms in total. The number of hydrogen-bond acceptors (Lipinski definition) is 4. The highest BCUT2D eigenvalue weighted by Gasteiger charge is 2.42. The fourth-order valence-electron chi connectivity index (χ4n) is 1.87. The van der Waals surface area contributed by atoms with Crippen LogP contribution in [-0.4, -0.2) is 29.3 Å². The van der Waals surface area contributed by atoms with Crippen LogP contribution in [0.4, 0.5) is 0 Å². The second-order valence-corrected chi connectivity index (χ2v) is 4.75. The summed E-state index contributed by atoms with van der Waals surface area (Å²) in [5.74, 6) is 0.397. The molecule has 1 amide bonds. The van der Waals surface area contributed by atoms with Crippen molar-refractivity contribution < 1.29 is 14.4 Å². The second-order valence-electron chi connectivity index (χ2n) is 4.75. The molecule has 2 rings (SSSR count). The van der Waals surface area contributed by atoms with Crippen LogP contribution in [-0.2, 0) is 6.42 Å². The molecule has 94 valence electrons. The molecule has 0 aliphatic heterocycles. The summed E-state index contributed by atoms with van der Waals surface area (Å²) in [4.78, 5) is 12.0. The molecule has 1 aliphatic carbocycles. The van der Waals surface area contributed by atoms with Crippen molar-refractivity contribution in [1.82, 2.24) is 10.5 Å². The molecule has 1 fully saturated rings. The van der Waals surface area contributed by atoms with Gasteiger partial charge >= 0.3 is 0 Å². The largest absolute Gasteiger partial charge is 0.396 e. The van der Waals surface area contributed by atoms with E-state index in [-0.39, 0.29) is 17.9 Å². The zero-order valence-electron chi connectivity index (χ0n) is 10.2. The predicted octanol–water partition coefficient (Wildman–Crippen LogP) is 1.05. The van der Waals surface area contributed by atoms with Crippen molar-refractivity contribution in [3.05, 3.63) is 17.0 Å². The summed E-state index contributed by atoms with van der Waals surface area (Å²) in [6.07, 6.45) is 2.63. The van der Waals surface area contributed by atoms with Crippen LogP contribution in [0.1, 0.15) is 41.6 Å². The number of aliphatic hydroxyl groups excluding tert-OH is 1. The van der Waals surface area contributed by atoms with Crippen LogP contribution in [0.5, 0.6) is 0 Å². The fraction of sp³-hybridized carbons (Fsp3) is 0.667. The minimum atomic E-state index is -0.152. The molecule has 17 heavy (non-hydrogen) atoms. The fourth-order valence-corrected chi connectivity index (χ4v) is 1.87. The van der Waals surface area contributed by atoms with Crippen molar-refractivity contribution in [2.24, 2.45) is 5.41 Å². The number of rotatable bonds is 5. The van der Waals surface area contributed by atoms with Crippen LogP contribution in [0.25, 0.3) is 0 Å². The van der Waals surface area contributed by atoms with E-state index in [9.17, 15) is 9.90 Å². The van der Waals surface area contributed by atoms with E-state index < -0.39 is 0 Å². The number of carbonyl (C=O) groups excluding carboxylic acids is 1. The summed E-state index contributed by atoms with van der Waals surface area (Å²) in [6.45, 7) is 4.33. The van der Waals surface area contributed by atoms with E-state index in [1.165, 1.54) is 0 Å². The molecule has 1 saturated carbocycles. The summed E-state index contributed by atoms with van der Waals surface area (Å²) in [7, 11) is 0. The SMILES string of the molecule is CCc1noc(C)c1C(=O)NCC1(CO)CC1. The highest BCUT2D eigenvalue weighted by molar-refractivity contribution is 5.96. The molecule has 0 atom stereocenters. The lowest BCUT2D eigenvalue weighted by atomic mass is 10.1. The summed E-state index contributed by atoms with van der Waals surface area (Å²) in [6, 6.07) is 0. The van der Waals surface area contributed by atoms with Gasteiger partial charge in [0.25, 0.3) is 5.91 Å². The molecule has 0 saturated heterocycles. The van der Waals surface area contributed by atoms with Gasteiger partial charge in [0.1, 0.15) is 11.3 Å². The molecule has 5 heteroatoms. The van der Waals surface area contributed by atoms with Crippen molar-refractivity contribution in [1.29, 1.82) is 0 Å². The van der Waals surface area contributed by atoms with Crippen LogP contribution in [0.3, 0.4) is 0 Å². The number of nitrogens with zero attached hydrogens (tertiary/aromatic N) is 1. The lowest BCUT2D eigenvalue weighted by Gasteiger charge is -2.12. The minimum absolute atomic E-state index is 0.0763. The van der Waals surface area contributed by atoms with E-state index in [0.29, 0.717) is 30.0 Å². The van der Waals surface area contributed by atoms with Crippen molar-refractivity contribution >= 4 is 5.91 Å². The van der Waals surface area contributed by atoms with Gasteiger partial charge in [-0.2, -0.15) is 0 Å². The summed E-state index contributed by atoms with van der Waals surface area (Å²) < 4.78 is 5.02. The highest BCUT2D eigenvalue weighted by Crippen LogP contribution is 2.44. The van der Waals surface area contributed by atoms with E-state index >= 15 is 0 Å². The Morgan fingerprint density at radius 3 is 2.82 bits per heavy atom. The van der Waals surface area contributed by atoms with E-state index in [1.54, 1.807) is 6.92 Å². The average molecular weight is 238 g/mol. The number of carbonyl (C=O) groups is 1. The van der Waals surface area contributed by atoms with Crippen LogP contribution in [0.2, 0.25) is 0 Å². The first-order chi connectivity index (χ1) is 8.12. The maximum atomic E-state index is 12.0. The number of hydrogen-bond donors (Lipinski definition) is 2. The van der Waals surface area contributed by atoms with E-state index in [1.807, 2.05) is 6.92 Å². The Bertz CT molecular complexity index is 421. The standard InChI is InChI=1S/C12H18N2O3/c1-3-9-10(8(2)17-14-9)11(16)13-6-12(7-15)4-5-12/h15H,3-7H2,1-2H3,(H,13,16). The maximum absolute atomic E-state index is 12.0. The topological polar surface area (TPSA) is 75.4 Å². The molecular formula is C12H18N2O3. The minimum Gasteiger partial charge on any atom is -0.396 e. The van der Waals surface area contributed by atoms with E-state index in [4.69, 9.17) is 4.52 Å². The normalized spacial score (nSPS) is 16.9. The lowest BCUT2D eigenvalue weighted by molar-refractivity contribution is 0.0933. The smallest absolute Gasteiger partial charge is 0.256 e. The van der Waals surface area contributed by atoms with Gasteiger partial charge in [-0.25, -0.2) is 0 Å². The second kappa shape index (κ2) is 4.49. The van der Waals surface area contributed by atoms with Crippen molar-refractivity contribution in [3.8, 4) is 0 Å². The Morgan fingerprint density at radius 2 is 2.29 bits per heavy atom. The highest BCUT2D eigenvalue weighted by atomic mass is 16.5. The molecule has 0 unspecified atom stereocenters. The van der Waals surface area contributed by atoms with Crippen LogP contribution < -0.4 is 5.32 Å². The Balaban J connectivity index is 2.02. The van der Waals surface area contributed by atoms with Crippen molar-refractivity contribution in [2.45, 2.75) is 33.1 Å². The van der Waals surface area contributed by atoms with E-state index in [2.05, 4.69) is 10.5 Å². The lowest BCUT2D eigenvalue weighted by Crippen LogP contribution is -2.32. The van der Waals surface area contributed by atoms with Gasteiger partial charge in [-0.15, -0.1) is 0 Å². The average Bonchev–Trinajstić information content (AvgIpc) is 3.03. The van der Waals surface area contributed by atoms with Gasteiger partial charge in [0, 0.05) is 12.0 Å². The van der Waals surface area contributed by atoms with Gasteiger partial charge in [0.05, 0.1) is 12.3 Å². The molecule has 2 N–H and O–H groups in total. The molecule has 0 radical (unpaired) electrons. The third kappa shape index (κ3) is 2.34. The van der Waals surface area contributed by atoms with Gasteiger partial charge in [-0.1, -0.05) is 12.1 Å². The Morgan fingerprint density at radius 1 is 1.59 bits per heavy atom. The third-order valence-electron chi connectivity index (χ3n) is 3.41. The van der Waals surface area contributed by atoms with Crippen molar-refractivity contribution in [3.63, 3.8) is 0 Å². The van der Waals surface area contributed by atoms with Crippen LogP contribution >= 0.6 is 0 Å². The predicted molar refractivity (Wildman–Crippen MR) is 61.7 cm³/mol. The summed E-state index contributed by atoms with van der Waals surface area (Å²) in [5, 5.41) is 15.9.